The SMILES string of the molecule is C[C@H](O)c1cccnc1N(C)C1CCS(=O)(=O)C1. The lowest BCUT2D eigenvalue weighted by Gasteiger charge is -2.27. The van der Waals surface area contributed by atoms with Crippen molar-refractivity contribution in [3.63, 3.8) is 0 Å². The van der Waals surface area contributed by atoms with E-state index in [9.17, 15) is 13.5 Å². The number of anilines is 1. The number of pyridine rings is 1. The Balaban J connectivity index is 2.27. The van der Waals surface area contributed by atoms with Crippen molar-refractivity contribution in [1.29, 1.82) is 0 Å². The molecule has 0 spiro atoms. The third kappa shape index (κ3) is 2.64. The smallest absolute Gasteiger partial charge is 0.152 e. The molecule has 2 atom stereocenters. The van der Waals surface area contributed by atoms with E-state index in [1.165, 1.54) is 0 Å². The van der Waals surface area contributed by atoms with E-state index >= 15 is 0 Å². The monoisotopic (exact) mass is 270 g/mol. The van der Waals surface area contributed by atoms with Gasteiger partial charge >= 0.3 is 0 Å². The fraction of sp³-hybridized carbons (Fsp3) is 0.583. The van der Waals surface area contributed by atoms with Gasteiger partial charge in [-0.1, -0.05) is 6.07 Å². The minimum atomic E-state index is -2.91. The van der Waals surface area contributed by atoms with Crippen molar-refractivity contribution in [2.24, 2.45) is 0 Å². The second kappa shape index (κ2) is 4.85. The Morgan fingerprint density at radius 3 is 2.83 bits per heavy atom. The largest absolute Gasteiger partial charge is 0.389 e. The number of rotatable bonds is 3. The van der Waals surface area contributed by atoms with Gasteiger partial charge in [0.1, 0.15) is 5.82 Å². The molecule has 0 amide bonds. The predicted molar refractivity (Wildman–Crippen MR) is 70.3 cm³/mol. The Morgan fingerprint density at radius 2 is 2.28 bits per heavy atom. The van der Waals surface area contributed by atoms with Crippen LogP contribution in [0, 0.1) is 0 Å². The second-order valence-electron chi connectivity index (χ2n) is 4.76. The highest BCUT2D eigenvalue weighted by molar-refractivity contribution is 7.91. The van der Waals surface area contributed by atoms with Gasteiger partial charge in [-0.15, -0.1) is 0 Å². The molecule has 1 saturated heterocycles. The number of hydrogen-bond acceptors (Lipinski definition) is 5. The van der Waals surface area contributed by atoms with Crippen LogP contribution in [-0.4, -0.2) is 43.1 Å². The van der Waals surface area contributed by atoms with Crippen molar-refractivity contribution >= 4 is 15.7 Å². The lowest BCUT2D eigenvalue weighted by Crippen LogP contribution is -2.34. The van der Waals surface area contributed by atoms with Crippen LogP contribution >= 0.6 is 0 Å². The Kier molecular flexibility index (Phi) is 3.59. The summed E-state index contributed by atoms with van der Waals surface area (Å²) in [4.78, 5) is 6.13. The first kappa shape index (κ1) is 13.3. The molecule has 2 rings (SSSR count). The van der Waals surface area contributed by atoms with E-state index in [2.05, 4.69) is 4.98 Å². The van der Waals surface area contributed by atoms with Gasteiger partial charge in [-0.25, -0.2) is 13.4 Å². The summed E-state index contributed by atoms with van der Waals surface area (Å²) < 4.78 is 23.0. The molecule has 0 aliphatic carbocycles. The molecule has 1 N–H and O–H groups in total. The van der Waals surface area contributed by atoms with Gasteiger partial charge in [0.25, 0.3) is 0 Å². The summed E-state index contributed by atoms with van der Waals surface area (Å²) in [5.41, 5.74) is 0.726. The number of sulfone groups is 1. The highest BCUT2D eigenvalue weighted by Crippen LogP contribution is 2.27. The fourth-order valence-electron chi connectivity index (χ4n) is 2.28. The molecule has 2 heterocycles. The van der Waals surface area contributed by atoms with E-state index in [-0.39, 0.29) is 17.5 Å². The number of hydrogen-bond donors (Lipinski definition) is 1. The minimum absolute atomic E-state index is 0.0533. The van der Waals surface area contributed by atoms with E-state index in [0.717, 1.165) is 5.56 Å². The third-order valence-corrected chi connectivity index (χ3v) is 5.11. The van der Waals surface area contributed by atoms with Gasteiger partial charge in [-0.3, -0.25) is 0 Å². The van der Waals surface area contributed by atoms with Crippen molar-refractivity contribution in [3.8, 4) is 0 Å². The van der Waals surface area contributed by atoms with E-state index < -0.39 is 15.9 Å². The van der Waals surface area contributed by atoms with Crippen LogP contribution in [0.15, 0.2) is 18.3 Å². The van der Waals surface area contributed by atoms with Crippen LogP contribution in [0.3, 0.4) is 0 Å². The summed E-state index contributed by atoms with van der Waals surface area (Å²) in [7, 11) is -1.08. The van der Waals surface area contributed by atoms with E-state index in [1.807, 2.05) is 18.0 Å². The predicted octanol–water partition coefficient (Wildman–Crippen LogP) is 0.758. The quantitative estimate of drug-likeness (QED) is 0.878. The Morgan fingerprint density at radius 1 is 1.56 bits per heavy atom. The average molecular weight is 270 g/mol. The van der Waals surface area contributed by atoms with Crippen LogP contribution in [0.5, 0.6) is 0 Å². The molecule has 1 unspecified atom stereocenters. The van der Waals surface area contributed by atoms with Gasteiger partial charge in [-0.2, -0.15) is 0 Å². The molecule has 1 aliphatic rings. The molecule has 0 aromatic carbocycles. The van der Waals surface area contributed by atoms with Crippen molar-refractivity contribution < 1.29 is 13.5 Å². The summed E-state index contributed by atoms with van der Waals surface area (Å²) in [5, 5.41) is 9.71. The molecule has 100 valence electrons. The van der Waals surface area contributed by atoms with E-state index in [4.69, 9.17) is 0 Å². The maximum atomic E-state index is 11.5. The van der Waals surface area contributed by atoms with Crippen LogP contribution in [0.2, 0.25) is 0 Å². The molecule has 6 heteroatoms. The summed E-state index contributed by atoms with van der Waals surface area (Å²) in [6.45, 7) is 1.68. The summed E-state index contributed by atoms with van der Waals surface area (Å²) in [6, 6.07) is 3.53. The van der Waals surface area contributed by atoms with Gasteiger partial charge in [0.05, 0.1) is 17.6 Å². The summed E-state index contributed by atoms with van der Waals surface area (Å²) in [5.74, 6) is 1.06. The van der Waals surface area contributed by atoms with Gasteiger partial charge in [0.15, 0.2) is 9.84 Å². The topological polar surface area (TPSA) is 70.5 Å². The van der Waals surface area contributed by atoms with Crippen molar-refractivity contribution in [1.82, 2.24) is 4.98 Å². The third-order valence-electron chi connectivity index (χ3n) is 3.36. The first-order chi connectivity index (χ1) is 8.41. The standard InChI is InChI=1S/C12H18N2O3S/c1-9(15)11-4-3-6-13-12(11)14(2)10-5-7-18(16,17)8-10/h3-4,6,9-10,15H,5,7-8H2,1-2H3/t9-,10?/m0/s1. The van der Waals surface area contributed by atoms with Crippen LogP contribution in [0.4, 0.5) is 5.82 Å². The van der Waals surface area contributed by atoms with Crippen LogP contribution in [0.25, 0.3) is 0 Å². The zero-order chi connectivity index (χ0) is 13.3. The highest BCUT2D eigenvalue weighted by atomic mass is 32.2. The molecule has 0 bridgehead atoms. The molecular weight excluding hydrogens is 252 g/mol. The first-order valence-electron chi connectivity index (χ1n) is 5.97. The van der Waals surface area contributed by atoms with Gasteiger partial charge in [-0.05, 0) is 19.4 Å². The molecule has 1 aromatic heterocycles. The fourth-order valence-corrected chi connectivity index (χ4v) is 4.06. The zero-order valence-electron chi connectivity index (χ0n) is 10.6. The van der Waals surface area contributed by atoms with Crippen LogP contribution < -0.4 is 4.90 Å². The molecule has 0 saturated carbocycles. The molecule has 0 radical (unpaired) electrons. The van der Waals surface area contributed by atoms with Crippen LogP contribution in [-0.2, 0) is 9.84 Å². The number of nitrogens with zero attached hydrogens (tertiary/aromatic N) is 2. The van der Waals surface area contributed by atoms with Gasteiger partial charge in [0, 0.05) is 24.8 Å². The van der Waals surface area contributed by atoms with Gasteiger partial charge in [0.2, 0.25) is 0 Å². The molecule has 5 nitrogen and oxygen atoms in total. The molecule has 1 aromatic rings. The van der Waals surface area contributed by atoms with Crippen molar-refractivity contribution in [2.75, 3.05) is 23.5 Å². The Bertz CT molecular complexity index is 528. The first-order valence-corrected chi connectivity index (χ1v) is 7.79. The molecule has 18 heavy (non-hydrogen) atoms. The number of aromatic nitrogens is 1. The Hall–Kier alpha value is -1.14. The molecule has 1 aliphatic heterocycles. The lowest BCUT2D eigenvalue weighted by atomic mass is 10.1. The van der Waals surface area contributed by atoms with E-state index in [1.54, 1.807) is 19.2 Å². The minimum Gasteiger partial charge on any atom is -0.389 e. The second-order valence-corrected chi connectivity index (χ2v) is 6.99. The maximum Gasteiger partial charge on any atom is 0.152 e. The summed E-state index contributed by atoms with van der Waals surface area (Å²) >= 11 is 0. The van der Waals surface area contributed by atoms with Crippen molar-refractivity contribution in [2.45, 2.75) is 25.5 Å². The van der Waals surface area contributed by atoms with E-state index in [0.29, 0.717) is 12.2 Å². The Labute approximate surface area is 107 Å². The number of aliphatic hydroxyl groups is 1. The maximum absolute atomic E-state index is 11.5. The molecule has 1 fully saturated rings. The van der Waals surface area contributed by atoms with Crippen molar-refractivity contribution in [3.05, 3.63) is 23.9 Å². The normalized spacial score (nSPS) is 23.8. The zero-order valence-corrected chi connectivity index (χ0v) is 11.4. The molecular formula is C12H18N2O3S. The number of aliphatic hydroxyl groups excluding tert-OH is 1. The summed E-state index contributed by atoms with van der Waals surface area (Å²) in [6.07, 6.45) is 1.66. The van der Waals surface area contributed by atoms with Gasteiger partial charge < -0.3 is 10.0 Å². The average Bonchev–Trinajstić information content (AvgIpc) is 2.68. The van der Waals surface area contributed by atoms with Crippen LogP contribution in [0.1, 0.15) is 25.0 Å². The highest BCUT2D eigenvalue weighted by Gasteiger charge is 2.32. The lowest BCUT2D eigenvalue weighted by molar-refractivity contribution is 0.199.